The molecule has 1 aliphatic rings. The lowest BCUT2D eigenvalue weighted by molar-refractivity contribution is -0.117. The third-order valence-corrected chi connectivity index (χ3v) is 10.6. The fourth-order valence-corrected chi connectivity index (χ4v) is 7.81. The topological polar surface area (TPSA) is 112 Å². The molecule has 0 aliphatic heterocycles. The lowest BCUT2D eigenvalue weighted by Crippen LogP contribution is -2.22. The van der Waals surface area contributed by atoms with E-state index in [1.165, 1.54) is 43.3 Å². The quantitative estimate of drug-likeness (QED) is 0.282. The average molecular weight is 557 g/mol. The second-order valence-electron chi connectivity index (χ2n) is 9.16. The molecule has 3 rings (SSSR count). The van der Waals surface area contributed by atoms with Crippen LogP contribution in [-0.2, 0) is 34.7 Å². The van der Waals surface area contributed by atoms with Crippen LogP contribution in [0.15, 0.2) is 35.4 Å². The van der Waals surface area contributed by atoms with Gasteiger partial charge in [-0.3, -0.25) is 9.36 Å². The number of rotatable bonds is 14. The number of amides is 1. The van der Waals surface area contributed by atoms with Crippen molar-refractivity contribution in [3.8, 4) is 0 Å². The molecule has 1 aliphatic carbocycles. The van der Waals surface area contributed by atoms with Crippen LogP contribution in [0.1, 0.15) is 68.7 Å². The third kappa shape index (κ3) is 8.48. The smallest absolute Gasteiger partial charge is 0.309 e. The maximum absolute atomic E-state index is 13.3. The number of carbonyl (C=O) groups is 1. The molecule has 0 bridgehead atoms. The van der Waals surface area contributed by atoms with Gasteiger partial charge in [0.1, 0.15) is 0 Å². The van der Waals surface area contributed by atoms with Gasteiger partial charge in [-0.25, -0.2) is 13.4 Å². The van der Waals surface area contributed by atoms with Gasteiger partial charge in [-0.05, 0) is 56.7 Å². The number of hydrogen-bond donors (Lipinski definition) is 1. The molecule has 1 aromatic heterocycles. The molecule has 200 valence electrons. The molecule has 0 radical (unpaired) electrons. The Morgan fingerprint density at radius 3 is 2.39 bits per heavy atom. The summed E-state index contributed by atoms with van der Waals surface area (Å²) in [4.78, 5) is 18.8. The number of anilines is 1. The number of thiazole rings is 1. The summed E-state index contributed by atoms with van der Waals surface area (Å²) in [5.41, 5.74) is 0.795. The summed E-state index contributed by atoms with van der Waals surface area (Å²) < 4.78 is 47.1. The van der Waals surface area contributed by atoms with E-state index >= 15 is 0 Å². The van der Waals surface area contributed by atoms with Crippen LogP contribution in [0.2, 0.25) is 0 Å². The Labute approximate surface area is 218 Å². The minimum absolute atomic E-state index is 0.157. The van der Waals surface area contributed by atoms with Crippen LogP contribution in [0.4, 0.5) is 5.13 Å². The Bertz CT molecular complexity index is 1130. The average Bonchev–Trinajstić information content (AvgIpc) is 3.50. The van der Waals surface area contributed by atoms with Gasteiger partial charge < -0.3 is 14.4 Å². The van der Waals surface area contributed by atoms with Crippen molar-refractivity contribution >= 4 is 39.8 Å². The Kier molecular flexibility index (Phi) is 10.7. The first-order valence-corrected chi connectivity index (χ1v) is 17.0. The Balaban J connectivity index is 1.69. The predicted octanol–water partition coefficient (Wildman–Crippen LogP) is 6.05. The van der Waals surface area contributed by atoms with Gasteiger partial charge in [0.25, 0.3) is 0 Å². The maximum atomic E-state index is 13.3. The molecule has 11 heteroatoms. The SMILES string of the molecule is CCOP(=O)(CCc1cnc(NC(=O)[C@H](CCC2CCCC2)c2ccc(S(C)(=O)=O)cc2)s1)OCC. The summed E-state index contributed by atoms with van der Waals surface area (Å²) in [5.74, 6) is 0.0754. The molecule has 8 nitrogen and oxygen atoms in total. The van der Waals surface area contributed by atoms with Gasteiger partial charge in [-0.2, -0.15) is 0 Å². The standard InChI is InChI=1S/C25H37N2O6PS2/c1-4-32-34(29,33-5-2)17-16-21-18-26-25(35-21)27-24(28)23(15-10-19-8-6-7-9-19)20-11-13-22(14-12-20)36(3,30)31/h11-14,18-19,23H,4-10,15-17H2,1-3H3,(H,26,27,28)/t23-/m1/s1. The highest BCUT2D eigenvalue weighted by atomic mass is 32.2. The first-order valence-electron chi connectivity index (χ1n) is 12.6. The van der Waals surface area contributed by atoms with Gasteiger partial charge >= 0.3 is 7.60 Å². The summed E-state index contributed by atoms with van der Waals surface area (Å²) in [7, 11) is -6.45. The molecule has 0 saturated heterocycles. The highest BCUT2D eigenvalue weighted by Crippen LogP contribution is 2.48. The number of nitrogens with zero attached hydrogens (tertiary/aromatic N) is 1. The number of carbonyl (C=O) groups excluding carboxylic acids is 1. The molecule has 1 amide bonds. The van der Waals surface area contributed by atoms with E-state index in [-0.39, 0.29) is 17.0 Å². The molecule has 0 unspecified atom stereocenters. The lowest BCUT2D eigenvalue weighted by Gasteiger charge is -2.19. The molecule has 1 saturated carbocycles. The lowest BCUT2D eigenvalue weighted by atomic mass is 9.89. The zero-order valence-corrected chi connectivity index (χ0v) is 23.8. The molecule has 1 atom stereocenters. The van der Waals surface area contributed by atoms with Crippen LogP contribution in [0, 0.1) is 5.92 Å². The van der Waals surface area contributed by atoms with Crippen molar-refractivity contribution < 1.29 is 26.8 Å². The molecule has 2 aromatic rings. The van der Waals surface area contributed by atoms with Crippen molar-refractivity contribution in [2.75, 3.05) is 30.9 Å². The molecular formula is C25H37N2O6PS2. The second kappa shape index (κ2) is 13.3. The van der Waals surface area contributed by atoms with Crippen LogP contribution in [0.3, 0.4) is 0 Å². The molecule has 0 spiro atoms. The number of benzene rings is 1. The first kappa shape index (κ1) is 29.0. The van der Waals surface area contributed by atoms with Gasteiger partial charge in [0.2, 0.25) is 5.91 Å². The number of sulfone groups is 1. The van der Waals surface area contributed by atoms with Crippen molar-refractivity contribution in [3.63, 3.8) is 0 Å². The summed E-state index contributed by atoms with van der Waals surface area (Å²) in [5, 5.41) is 3.43. The molecule has 1 heterocycles. The Morgan fingerprint density at radius 2 is 1.81 bits per heavy atom. The Hall–Kier alpha value is -1.58. The van der Waals surface area contributed by atoms with Gasteiger partial charge in [0.05, 0.1) is 30.2 Å². The van der Waals surface area contributed by atoms with Crippen LogP contribution in [-0.4, -0.2) is 44.9 Å². The van der Waals surface area contributed by atoms with Crippen LogP contribution in [0.25, 0.3) is 0 Å². The van der Waals surface area contributed by atoms with E-state index in [1.54, 1.807) is 44.3 Å². The molecule has 36 heavy (non-hydrogen) atoms. The van der Waals surface area contributed by atoms with E-state index in [1.807, 2.05) is 0 Å². The van der Waals surface area contributed by atoms with Crippen molar-refractivity contribution in [1.29, 1.82) is 0 Å². The van der Waals surface area contributed by atoms with Gasteiger partial charge in [0, 0.05) is 17.3 Å². The van der Waals surface area contributed by atoms with Crippen LogP contribution in [0.5, 0.6) is 0 Å². The van der Waals surface area contributed by atoms with Gasteiger partial charge in [0.15, 0.2) is 15.0 Å². The fourth-order valence-electron chi connectivity index (χ4n) is 4.58. The minimum atomic E-state index is -3.31. The van der Waals surface area contributed by atoms with Gasteiger partial charge in [-0.15, -0.1) is 11.3 Å². The third-order valence-electron chi connectivity index (χ3n) is 6.43. The van der Waals surface area contributed by atoms with E-state index in [2.05, 4.69) is 10.3 Å². The summed E-state index contributed by atoms with van der Waals surface area (Å²) in [6, 6.07) is 6.61. The van der Waals surface area contributed by atoms with E-state index < -0.39 is 23.4 Å². The van der Waals surface area contributed by atoms with Crippen molar-refractivity contribution in [2.24, 2.45) is 5.92 Å². The van der Waals surface area contributed by atoms with Crippen molar-refractivity contribution in [2.45, 2.75) is 69.6 Å². The highest BCUT2D eigenvalue weighted by Gasteiger charge is 2.26. The van der Waals surface area contributed by atoms with Crippen LogP contribution >= 0.6 is 18.9 Å². The Morgan fingerprint density at radius 1 is 1.17 bits per heavy atom. The van der Waals surface area contributed by atoms with E-state index in [9.17, 15) is 17.8 Å². The number of hydrogen-bond acceptors (Lipinski definition) is 8. The molecule has 1 fully saturated rings. The first-order chi connectivity index (χ1) is 17.1. The number of aromatic nitrogens is 1. The normalized spacial score (nSPS) is 15.8. The zero-order chi connectivity index (χ0) is 26.2. The van der Waals surface area contributed by atoms with E-state index in [0.29, 0.717) is 37.1 Å². The fraction of sp³-hybridized carbons (Fsp3) is 0.600. The second-order valence-corrected chi connectivity index (χ2v) is 14.5. The number of nitrogens with one attached hydrogen (secondary N) is 1. The monoisotopic (exact) mass is 556 g/mol. The molecule has 1 aromatic carbocycles. The zero-order valence-electron chi connectivity index (χ0n) is 21.3. The summed E-state index contributed by atoms with van der Waals surface area (Å²) in [6.07, 6.45) is 10.1. The largest absolute Gasteiger partial charge is 0.331 e. The van der Waals surface area contributed by atoms with Crippen molar-refractivity contribution in [3.05, 3.63) is 40.9 Å². The highest BCUT2D eigenvalue weighted by molar-refractivity contribution is 7.90. The maximum Gasteiger partial charge on any atom is 0.331 e. The van der Waals surface area contributed by atoms with E-state index in [4.69, 9.17) is 9.05 Å². The van der Waals surface area contributed by atoms with Gasteiger partial charge in [-0.1, -0.05) is 37.8 Å². The van der Waals surface area contributed by atoms with Crippen molar-refractivity contribution in [1.82, 2.24) is 4.98 Å². The number of aryl methyl sites for hydroxylation is 1. The summed E-state index contributed by atoms with van der Waals surface area (Å²) >= 11 is 1.35. The molecule has 1 N–H and O–H groups in total. The van der Waals surface area contributed by atoms with E-state index in [0.717, 1.165) is 16.9 Å². The summed E-state index contributed by atoms with van der Waals surface area (Å²) in [6.45, 7) is 4.19. The minimum Gasteiger partial charge on any atom is -0.309 e. The molecular weight excluding hydrogens is 519 g/mol. The van der Waals surface area contributed by atoms with Crippen LogP contribution < -0.4 is 5.32 Å². The predicted molar refractivity (Wildman–Crippen MR) is 144 cm³/mol.